The number of likely N-dealkylation sites (tertiary alicyclic amines) is 2. The van der Waals surface area contributed by atoms with Crippen molar-refractivity contribution in [2.45, 2.75) is 55.7 Å². The molecular weight excluding hydrogens is 605 g/mol. The molecule has 0 spiro atoms. The molecule has 46 heavy (non-hydrogen) atoms. The molecule has 6 rings (SSSR count). The fraction of sp³-hybridized carbons (Fsp3) is 0.588. The molecule has 0 bridgehead atoms. The standard InChI is InChI=1S/C34H40F5N5O2/c1-46-32(45)41-30-5-2-4-27(30)34(21-42-8-3-9-42,24-14-25(35)16-26(36)15-24)23-6-10-43(11-7-23)18-33(39)19-44(20-33)31-28(37)12-22(17-40)13-29(31)38/h12-16,23,27,30H,2-11,18-21H2,1H3,(H,41,45)/t27-,30-,34-/m0/s1. The molecule has 3 saturated heterocycles. The minimum absolute atomic E-state index is 0.00545. The van der Waals surface area contributed by atoms with Gasteiger partial charge in [-0.05, 0) is 99.9 Å². The fourth-order valence-corrected chi connectivity index (χ4v) is 8.62. The zero-order valence-corrected chi connectivity index (χ0v) is 26.0. The lowest BCUT2D eigenvalue weighted by Gasteiger charge is -2.54. The normalized spacial score (nSPS) is 24.8. The molecule has 3 atom stereocenters. The van der Waals surface area contributed by atoms with Crippen LogP contribution < -0.4 is 10.2 Å². The summed E-state index contributed by atoms with van der Waals surface area (Å²) in [6.07, 6.45) is 4.22. The number of carbonyl (C=O) groups excluding carboxylic acids is 1. The van der Waals surface area contributed by atoms with Crippen molar-refractivity contribution in [1.29, 1.82) is 5.26 Å². The Morgan fingerprint density at radius 3 is 2.17 bits per heavy atom. The number of nitrogens with zero attached hydrogens (tertiary/aromatic N) is 4. The van der Waals surface area contributed by atoms with E-state index < -0.39 is 40.4 Å². The number of anilines is 1. The molecule has 2 aromatic rings. The number of alkyl carbamates (subject to hydrolysis) is 1. The Bertz CT molecular complexity index is 1440. The van der Waals surface area contributed by atoms with Gasteiger partial charge in [0.1, 0.15) is 17.3 Å². The number of ether oxygens (including phenoxy) is 1. The topological polar surface area (TPSA) is 71.8 Å². The van der Waals surface area contributed by atoms with E-state index in [0.717, 1.165) is 57.0 Å². The molecule has 4 fully saturated rings. The lowest BCUT2D eigenvalue weighted by atomic mass is 9.57. The number of methoxy groups -OCH3 is 1. The first kappa shape index (κ1) is 32.5. The summed E-state index contributed by atoms with van der Waals surface area (Å²) in [6.45, 7) is 3.25. The molecule has 1 N–H and O–H groups in total. The lowest BCUT2D eigenvalue weighted by molar-refractivity contribution is 0.00555. The molecule has 12 heteroatoms. The summed E-state index contributed by atoms with van der Waals surface area (Å²) in [4.78, 5) is 18.0. The first-order chi connectivity index (χ1) is 22.0. The van der Waals surface area contributed by atoms with Gasteiger partial charge >= 0.3 is 6.09 Å². The van der Waals surface area contributed by atoms with Crippen LogP contribution in [0.4, 0.5) is 32.4 Å². The molecule has 1 saturated carbocycles. The number of alkyl halides is 1. The number of hydrogen-bond acceptors (Lipinski definition) is 6. The second-order valence-electron chi connectivity index (χ2n) is 13.6. The van der Waals surface area contributed by atoms with Crippen molar-refractivity contribution in [1.82, 2.24) is 15.1 Å². The van der Waals surface area contributed by atoms with Gasteiger partial charge in [0, 0.05) is 30.6 Å². The third-order valence-corrected chi connectivity index (χ3v) is 10.7. The van der Waals surface area contributed by atoms with E-state index in [1.807, 2.05) is 4.90 Å². The van der Waals surface area contributed by atoms with E-state index in [9.17, 15) is 22.4 Å². The van der Waals surface area contributed by atoms with Gasteiger partial charge in [-0.1, -0.05) is 6.42 Å². The van der Waals surface area contributed by atoms with Crippen LogP contribution in [0.5, 0.6) is 0 Å². The summed E-state index contributed by atoms with van der Waals surface area (Å²) in [7, 11) is 1.32. The molecule has 4 aliphatic rings. The Morgan fingerprint density at radius 1 is 0.957 bits per heavy atom. The van der Waals surface area contributed by atoms with Gasteiger partial charge in [-0.2, -0.15) is 5.26 Å². The van der Waals surface area contributed by atoms with Crippen LogP contribution in [0.15, 0.2) is 30.3 Å². The van der Waals surface area contributed by atoms with E-state index in [2.05, 4.69) is 10.2 Å². The van der Waals surface area contributed by atoms with Crippen LogP contribution >= 0.6 is 0 Å². The van der Waals surface area contributed by atoms with Crippen molar-refractivity contribution < 1.29 is 31.5 Å². The lowest BCUT2D eigenvalue weighted by Crippen LogP contribution is -2.65. The Hall–Kier alpha value is -3.43. The molecule has 0 radical (unpaired) electrons. The van der Waals surface area contributed by atoms with E-state index in [4.69, 9.17) is 10.00 Å². The van der Waals surface area contributed by atoms with Crippen molar-refractivity contribution >= 4 is 11.8 Å². The zero-order valence-electron chi connectivity index (χ0n) is 26.0. The number of rotatable bonds is 9. The summed E-state index contributed by atoms with van der Waals surface area (Å²) < 4.78 is 79.7. The minimum Gasteiger partial charge on any atom is -0.453 e. The second-order valence-corrected chi connectivity index (χ2v) is 13.6. The third-order valence-electron chi connectivity index (χ3n) is 10.7. The second kappa shape index (κ2) is 13.0. The smallest absolute Gasteiger partial charge is 0.407 e. The van der Waals surface area contributed by atoms with Crippen LogP contribution in [0.2, 0.25) is 0 Å². The number of carbonyl (C=O) groups is 1. The molecule has 1 aliphatic carbocycles. The molecule has 1 amide bonds. The Kier molecular flexibility index (Phi) is 9.18. The molecule has 2 aromatic carbocycles. The number of nitriles is 1. The summed E-state index contributed by atoms with van der Waals surface area (Å²) >= 11 is 0. The maximum atomic E-state index is 15.9. The summed E-state index contributed by atoms with van der Waals surface area (Å²) in [5.74, 6) is -3.14. The van der Waals surface area contributed by atoms with Crippen LogP contribution in [0.1, 0.15) is 49.7 Å². The molecule has 7 nitrogen and oxygen atoms in total. The fourth-order valence-electron chi connectivity index (χ4n) is 8.62. The maximum Gasteiger partial charge on any atom is 0.407 e. The van der Waals surface area contributed by atoms with Crippen molar-refractivity contribution in [3.8, 4) is 6.07 Å². The largest absolute Gasteiger partial charge is 0.453 e. The van der Waals surface area contributed by atoms with Crippen LogP contribution in [-0.2, 0) is 10.2 Å². The van der Waals surface area contributed by atoms with E-state index in [1.165, 1.54) is 24.1 Å². The highest BCUT2D eigenvalue weighted by Gasteiger charge is 2.54. The highest BCUT2D eigenvalue weighted by atomic mass is 19.2. The number of hydrogen-bond donors (Lipinski definition) is 1. The van der Waals surface area contributed by atoms with Gasteiger partial charge in [0.2, 0.25) is 0 Å². The van der Waals surface area contributed by atoms with Crippen molar-refractivity contribution in [2.24, 2.45) is 11.8 Å². The Morgan fingerprint density at radius 2 is 1.61 bits per heavy atom. The number of halogens is 5. The van der Waals surface area contributed by atoms with Gasteiger partial charge in [0.15, 0.2) is 17.3 Å². The van der Waals surface area contributed by atoms with Crippen LogP contribution in [0.25, 0.3) is 0 Å². The van der Waals surface area contributed by atoms with Crippen LogP contribution in [-0.4, -0.2) is 87.1 Å². The SMILES string of the molecule is COC(=O)N[C@H]1CCC[C@@H]1[C@](CN1CCC1)(c1cc(F)cc(F)c1)C1CCN(CC2(F)CN(c3c(F)cc(C#N)cc3F)C2)CC1. The zero-order chi connectivity index (χ0) is 32.6. The van der Waals surface area contributed by atoms with Crippen molar-refractivity contribution in [3.63, 3.8) is 0 Å². The highest BCUT2D eigenvalue weighted by molar-refractivity contribution is 5.67. The van der Waals surface area contributed by atoms with Gasteiger partial charge in [0.05, 0.1) is 31.8 Å². The van der Waals surface area contributed by atoms with E-state index >= 15 is 4.39 Å². The number of piperidine rings is 1. The van der Waals surface area contributed by atoms with Crippen molar-refractivity contribution in [2.75, 3.05) is 64.4 Å². The van der Waals surface area contributed by atoms with Gasteiger partial charge in [-0.15, -0.1) is 0 Å². The molecular formula is C34H40F5N5O2. The molecule has 3 aliphatic heterocycles. The van der Waals surface area contributed by atoms with Crippen LogP contribution in [0, 0.1) is 46.4 Å². The molecule has 0 unspecified atom stereocenters. The Labute approximate surface area is 266 Å². The van der Waals surface area contributed by atoms with Gasteiger partial charge in [-0.3, -0.25) is 4.90 Å². The van der Waals surface area contributed by atoms with Crippen LogP contribution in [0.3, 0.4) is 0 Å². The first-order valence-electron chi connectivity index (χ1n) is 16.1. The van der Waals surface area contributed by atoms with E-state index in [-0.39, 0.29) is 48.8 Å². The number of benzene rings is 2. The average molecular weight is 646 g/mol. The Balaban J connectivity index is 1.22. The van der Waals surface area contributed by atoms with Gasteiger partial charge in [-0.25, -0.2) is 26.7 Å². The van der Waals surface area contributed by atoms with Crippen molar-refractivity contribution in [3.05, 3.63) is 64.7 Å². The quantitative estimate of drug-likeness (QED) is 0.362. The molecule has 248 valence electrons. The summed E-state index contributed by atoms with van der Waals surface area (Å²) in [6, 6.07) is 7.18. The van der Waals surface area contributed by atoms with E-state index in [1.54, 1.807) is 6.07 Å². The predicted octanol–water partition coefficient (Wildman–Crippen LogP) is 5.52. The van der Waals surface area contributed by atoms with Gasteiger partial charge in [0.25, 0.3) is 0 Å². The molecule has 0 aromatic heterocycles. The molecule has 3 heterocycles. The minimum atomic E-state index is -1.67. The monoisotopic (exact) mass is 645 g/mol. The highest BCUT2D eigenvalue weighted by Crippen LogP contribution is 2.52. The third kappa shape index (κ3) is 6.28. The predicted molar refractivity (Wildman–Crippen MR) is 162 cm³/mol. The summed E-state index contributed by atoms with van der Waals surface area (Å²) in [5, 5.41) is 12.0. The number of amides is 1. The first-order valence-corrected chi connectivity index (χ1v) is 16.1. The summed E-state index contributed by atoms with van der Waals surface area (Å²) in [5.41, 5.74) is -2.19. The number of nitrogens with one attached hydrogen (secondary N) is 1. The maximum absolute atomic E-state index is 15.9. The average Bonchev–Trinajstić information content (AvgIpc) is 3.43. The van der Waals surface area contributed by atoms with Gasteiger partial charge < -0.3 is 19.9 Å². The van der Waals surface area contributed by atoms with E-state index in [0.29, 0.717) is 38.0 Å².